The van der Waals surface area contributed by atoms with Crippen molar-refractivity contribution in [2.45, 2.75) is 20.8 Å². The highest BCUT2D eigenvalue weighted by Crippen LogP contribution is 2.36. The van der Waals surface area contributed by atoms with Crippen LogP contribution in [0.2, 0.25) is 0 Å². The number of hydrogen-bond acceptors (Lipinski definition) is 2. The van der Waals surface area contributed by atoms with Gasteiger partial charge in [-0.2, -0.15) is 0 Å². The first kappa shape index (κ1) is 15.5. The van der Waals surface area contributed by atoms with E-state index in [4.69, 9.17) is 4.74 Å². The fourth-order valence-electron chi connectivity index (χ4n) is 2.07. The van der Waals surface area contributed by atoms with Gasteiger partial charge in [0, 0.05) is 16.7 Å². The minimum Gasteiger partial charge on any atom is -0.463 e. The molecular weight excluding hydrogens is 279 g/mol. The van der Waals surface area contributed by atoms with Crippen molar-refractivity contribution in [3.8, 4) is 10.9 Å². The zero-order valence-electron chi connectivity index (χ0n) is 12.6. The van der Waals surface area contributed by atoms with Crippen LogP contribution in [0.5, 0.6) is 0 Å². The second-order valence-electron chi connectivity index (χ2n) is 4.79. The van der Waals surface area contributed by atoms with E-state index in [1.807, 2.05) is 24.3 Å². The molecule has 3 heteroatoms. The molecule has 1 aromatic carbocycles. The van der Waals surface area contributed by atoms with Crippen LogP contribution in [0.1, 0.15) is 23.3 Å². The van der Waals surface area contributed by atoms with Gasteiger partial charge in [-0.05, 0) is 49.6 Å². The SMILES string of the molecule is CCOC(=O)/C=C/c1cc(C)c(C)c(-c2ccccc2)p1. The molecule has 0 saturated heterocycles. The summed E-state index contributed by atoms with van der Waals surface area (Å²) < 4.78 is 4.92. The number of ether oxygens (including phenoxy) is 1. The molecule has 1 heterocycles. The van der Waals surface area contributed by atoms with Crippen LogP contribution in [-0.4, -0.2) is 12.6 Å². The first-order valence-electron chi connectivity index (χ1n) is 7.00. The van der Waals surface area contributed by atoms with Crippen LogP contribution in [0.3, 0.4) is 0 Å². The van der Waals surface area contributed by atoms with E-state index >= 15 is 0 Å². The quantitative estimate of drug-likeness (QED) is 0.578. The minimum absolute atomic E-state index is 0.293. The average molecular weight is 298 g/mol. The summed E-state index contributed by atoms with van der Waals surface area (Å²) in [5.74, 6) is -0.293. The zero-order chi connectivity index (χ0) is 15.2. The summed E-state index contributed by atoms with van der Waals surface area (Å²) in [5, 5.41) is 2.39. The van der Waals surface area contributed by atoms with Crippen LogP contribution >= 0.6 is 8.19 Å². The van der Waals surface area contributed by atoms with Gasteiger partial charge in [-0.3, -0.25) is 0 Å². The molecule has 0 aliphatic carbocycles. The number of rotatable bonds is 4. The first-order chi connectivity index (χ1) is 10.1. The van der Waals surface area contributed by atoms with E-state index in [9.17, 15) is 4.79 Å². The lowest BCUT2D eigenvalue weighted by molar-refractivity contribution is -0.137. The van der Waals surface area contributed by atoms with Gasteiger partial charge >= 0.3 is 5.97 Å². The van der Waals surface area contributed by atoms with Crippen LogP contribution in [0.15, 0.2) is 42.5 Å². The Bertz CT molecular complexity index is 660. The van der Waals surface area contributed by atoms with Crippen molar-refractivity contribution in [3.63, 3.8) is 0 Å². The van der Waals surface area contributed by atoms with Crippen LogP contribution in [0.25, 0.3) is 16.9 Å². The van der Waals surface area contributed by atoms with E-state index in [-0.39, 0.29) is 5.97 Å². The summed E-state index contributed by atoms with van der Waals surface area (Å²) in [6.07, 6.45) is 3.34. The Morgan fingerprint density at radius 2 is 1.95 bits per heavy atom. The molecule has 2 nitrogen and oxygen atoms in total. The summed E-state index contributed by atoms with van der Waals surface area (Å²) in [5.41, 5.74) is 3.76. The molecule has 0 aliphatic heterocycles. The maximum atomic E-state index is 11.4. The molecule has 21 heavy (non-hydrogen) atoms. The molecule has 0 saturated carbocycles. The molecule has 2 aromatic rings. The third-order valence-electron chi connectivity index (χ3n) is 3.28. The third-order valence-corrected chi connectivity index (χ3v) is 4.63. The van der Waals surface area contributed by atoms with Crippen molar-refractivity contribution < 1.29 is 9.53 Å². The molecule has 0 aliphatic rings. The van der Waals surface area contributed by atoms with Crippen molar-refractivity contribution in [1.82, 2.24) is 0 Å². The summed E-state index contributed by atoms with van der Waals surface area (Å²) in [6.45, 7) is 6.46. The summed E-state index contributed by atoms with van der Waals surface area (Å²) >= 11 is 0. The fourth-order valence-corrected chi connectivity index (χ4v) is 3.36. The lowest BCUT2D eigenvalue weighted by Crippen LogP contribution is -1.98. The van der Waals surface area contributed by atoms with Gasteiger partial charge in [0.25, 0.3) is 0 Å². The molecule has 0 N–H and O–H groups in total. The number of hydrogen-bond donors (Lipinski definition) is 0. The van der Waals surface area contributed by atoms with Gasteiger partial charge in [-0.15, -0.1) is 0 Å². The number of aryl methyl sites for hydroxylation is 1. The summed E-state index contributed by atoms with van der Waals surface area (Å²) in [7, 11) is 1.12. The van der Waals surface area contributed by atoms with E-state index < -0.39 is 0 Å². The van der Waals surface area contributed by atoms with E-state index in [0.717, 1.165) is 13.5 Å². The van der Waals surface area contributed by atoms with Gasteiger partial charge in [-0.1, -0.05) is 38.5 Å². The number of carbonyl (C=O) groups is 1. The van der Waals surface area contributed by atoms with E-state index in [0.29, 0.717) is 6.61 Å². The summed E-state index contributed by atoms with van der Waals surface area (Å²) in [4.78, 5) is 11.4. The lowest BCUT2D eigenvalue weighted by atomic mass is 10.1. The van der Waals surface area contributed by atoms with Gasteiger partial charge in [-0.25, -0.2) is 4.79 Å². The summed E-state index contributed by atoms with van der Waals surface area (Å²) in [6, 6.07) is 12.5. The first-order valence-corrected chi connectivity index (χ1v) is 7.89. The Morgan fingerprint density at radius 3 is 2.62 bits per heavy atom. The maximum absolute atomic E-state index is 11.4. The van der Waals surface area contributed by atoms with Crippen LogP contribution < -0.4 is 0 Å². The predicted molar refractivity (Wildman–Crippen MR) is 89.5 cm³/mol. The lowest BCUT2D eigenvalue weighted by Gasteiger charge is -2.10. The molecular formula is C18H19O2P. The highest BCUT2D eigenvalue weighted by atomic mass is 31.0. The Kier molecular flexibility index (Phi) is 5.30. The highest BCUT2D eigenvalue weighted by Gasteiger charge is 2.06. The molecule has 108 valence electrons. The second kappa shape index (κ2) is 7.19. The maximum Gasteiger partial charge on any atom is 0.330 e. The number of esters is 1. The van der Waals surface area contributed by atoms with Crippen LogP contribution in [0.4, 0.5) is 0 Å². The van der Waals surface area contributed by atoms with Gasteiger partial charge < -0.3 is 4.74 Å². The molecule has 0 bridgehead atoms. The zero-order valence-corrected chi connectivity index (χ0v) is 13.5. The minimum atomic E-state index is -0.293. The van der Waals surface area contributed by atoms with E-state index in [1.54, 1.807) is 6.92 Å². The molecule has 0 spiro atoms. The largest absolute Gasteiger partial charge is 0.463 e. The standard InChI is InChI=1S/C18H19O2P/c1-4-20-17(19)11-10-16-12-13(2)14(3)18(21-16)15-8-6-5-7-9-15/h5-12H,4H2,1-3H3/b11-10+. The van der Waals surface area contributed by atoms with Gasteiger partial charge in [0.1, 0.15) is 0 Å². The number of benzene rings is 1. The highest BCUT2D eigenvalue weighted by molar-refractivity contribution is 7.35. The van der Waals surface area contributed by atoms with Crippen molar-refractivity contribution in [1.29, 1.82) is 0 Å². The smallest absolute Gasteiger partial charge is 0.330 e. The Balaban J connectivity index is 2.38. The molecule has 0 unspecified atom stereocenters. The van der Waals surface area contributed by atoms with Crippen LogP contribution in [-0.2, 0) is 9.53 Å². The second-order valence-corrected chi connectivity index (χ2v) is 5.98. The normalized spacial score (nSPS) is 11.2. The van der Waals surface area contributed by atoms with Crippen molar-refractivity contribution in [2.24, 2.45) is 0 Å². The predicted octanol–water partition coefficient (Wildman–Crippen LogP) is 5.13. The van der Waals surface area contributed by atoms with Crippen molar-refractivity contribution >= 4 is 20.2 Å². The van der Waals surface area contributed by atoms with Crippen molar-refractivity contribution in [3.05, 3.63) is 58.9 Å². The van der Waals surface area contributed by atoms with E-state index in [1.165, 1.54) is 28.1 Å². The molecule has 0 amide bonds. The Labute approximate surface area is 127 Å². The van der Waals surface area contributed by atoms with Gasteiger partial charge in [0.05, 0.1) is 6.61 Å². The molecule has 0 atom stereocenters. The van der Waals surface area contributed by atoms with Crippen LogP contribution in [0, 0.1) is 13.8 Å². The monoisotopic (exact) mass is 298 g/mol. The van der Waals surface area contributed by atoms with Gasteiger partial charge in [0.15, 0.2) is 0 Å². The Morgan fingerprint density at radius 1 is 1.24 bits per heavy atom. The molecule has 0 fully saturated rings. The Hall–Kier alpha value is -1.92. The third kappa shape index (κ3) is 4.03. The average Bonchev–Trinajstić information content (AvgIpc) is 2.49. The molecule has 0 radical (unpaired) electrons. The molecule has 1 aromatic heterocycles. The van der Waals surface area contributed by atoms with E-state index in [2.05, 4.69) is 32.0 Å². The number of carbonyl (C=O) groups excluding carboxylic acids is 1. The van der Waals surface area contributed by atoms with Crippen molar-refractivity contribution in [2.75, 3.05) is 6.61 Å². The molecule has 2 rings (SSSR count). The topological polar surface area (TPSA) is 26.3 Å². The fraction of sp³-hybridized carbons (Fsp3) is 0.222. The van der Waals surface area contributed by atoms with Gasteiger partial charge in [0.2, 0.25) is 0 Å².